The van der Waals surface area contributed by atoms with Crippen LogP contribution in [0.15, 0.2) is 24.3 Å². The lowest BCUT2D eigenvalue weighted by molar-refractivity contribution is 0.217. The van der Waals surface area contributed by atoms with Crippen LogP contribution < -0.4 is 5.32 Å². The number of hydrogen-bond acceptors (Lipinski definition) is 2. The number of nitrogens with one attached hydrogen (secondary N) is 1. The Morgan fingerprint density at radius 2 is 2.05 bits per heavy atom. The maximum absolute atomic E-state index is 5.92. The van der Waals surface area contributed by atoms with Crippen molar-refractivity contribution in [1.29, 1.82) is 0 Å². The van der Waals surface area contributed by atoms with Crippen molar-refractivity contribution in [2.45, 2.75) is 38.6 Å². The van der Waals surface area contributed by atoms with E-state index in [1.807, 2.05) is 12.1 Å². The third-order valence-corrected chi connectivity index (χ3v) is 4.44. The zero-order valence-corrected chi connectivity index (χ0v) is 12.8. The quantitative estimate of drug-likeness (QED) is 0.910. The second-order valence-corrected chi connectivity index (χ2v) is 6.28. The Hall–Kier alpha value is -0.570. The molecule has 0 amide bonds. The molecule has 1 aromatic carbocycles. The Morgan fingerprint density at radius 1 is 1.32 bits per heavy atom. The van der Waals surface area contributed by atoms with Crippen LogP contribution >= 0.6 is 11.6 Å². The number of rotatable bonds is 4. The highest BCUT2D eigenvalue weighted by molar-refractivity contribution is 6.30. The van der Waals surface area contributed by atoms with E-state index in [4.69, 9.17) is 11.6 Å². The molecule has 1 aliphatic heterocycles. The van der Waals surface area contributed by atoms with Crippen LogP contribution in [0, 0.1) is 0 Å². The Balaban J connectivity index is 1.89. The zero-order valence-electron chi connectivity index (χ0n) is 12.1. The molecule has 0 aliphatic carbocycles. The highest BCUT2D eigenvalue weighted by Crippen LogP contribution is 2.16. The number of benzene rings is 1. The minimum absolute atomic E-state index is 0.274. The van der Waals surface area contributed by atoms with E-state index in [-0.39, 0.29) is 5.54 Å². The highest BCUT2D eigenvalue weighted by atomic mass is 35.5. The average molecular weight is 281 g/mol. The van der Waals surface area contributed by atoms with Crippen molar-refractivity contribution in [1.82, 2.24) is 10.2 Å². The predicted octanol–water partition coefficient (Wildman–Crippen LogP) is 3.35. The lowest BCUT2D eigenvalue weighted by Gasteiger charge is -2.32. The van der Waals surface area contributed by atoms with Gasteiger partial charge >= 0.3 is 0 Å². The van der Waals surface area contributed by atoms with Gasteiger partial charge in [0.1, 0.15) is 0 Å². The molecule has 1 atom stereocenters. The summed E-state index contributed by atoms with van der Waals surface area (Å²) in [6, 6.07) is 8.24. The van der Waals surface area contributed by atoms with Crippen molar-refractivity contribution in [2.24, 2.45) is 0 Å². The van der Waals surface area contributed by atoms with Gasteiger partial charge in [0.15, 0.2) is 0 Å². The van der Waals surface area contributed by atoms with E-state index in [0.717, 1.165) is 31.1 Å². The molecule has 0 aromatic heterocycles. The molecule has 1 heterocycles. The maximum atomic E-state index is 5.92. The van der Waals surface area contributed by atoms with Crippen LogP contribution in [0.1, 0.15) is 32.3 Å². The average Bonchev–Trinajstić information content (AvgIpc) is 2.61. The van der Waals surface area contributed by atoms with Gasteiger partial charge in [-0.3, -0.25) is 0 Å². The Morgan fingerprint density at radius 3 is 2.74 bits per heavy atom. The standard InChI is InChI=1S/C16H25ClN2/c1-3-16(2)13-19(11-4-10-18-16)12-9-14-5-7-15(17)8-6-14/h5-8,18H,3-4,9-13H2,1-2H3. The molecule has 106 valence electrons. The van der Waals surface area contributed by atoms with E-state index in [9.17, 15) is 0 Å². The molecule has 19 heavy (non-hydrogen) atoms. The lowest BCUT2D eigenvalue weighted by Crippen LogP contribution is -2.48. The maximum Gasteiger partial charge on any atom is 0.0406 e. The Kier molecular flexibility index (Phi) is 5.26. The normalized spacial score (nSPS) is 25.2. The molecule has 2 nitrogen and oxygen atoms in total. The first-order chi connectivity index (χ1) is 9.11. The van der Waals surface area contributed by atoms with Gasteiger partial charge in [0, 0.05) is 23.7 Å². The molecule has 0 bridgehead atoms. The first kappa shape index (κ1) is 14.8. The molecule has 1 N–H and O–H groups in total. The van der Waals surface area contributed by atoms with Gasteiger partial charge in [-0.15, -0.1) is 0 Å². The van der Waals surface area contributed by atoms with Gasteiger partial charge in [0.25, 0.3) is 0 Å². The summed E-state index contributed by atoms with van der Waals surface area (Å²) in [5.74, 6) is 0. The van der Waals surface area contributed by atoms with Crippen molar-refractivity contribution in [3.8, 4) is 0 Å². The summed E-state index contributed by atoms with van der Waals surface area (Å²) in [6.07, 6.45) is 3.54. The summed E-state index contributed by atoms with van der Waals surface area (Å²) < 4.78 is 0. The molecular formula is C16H25ClN2. The first-order valence-electron chi connectivity index (χ1n) is 7.33. The zero-order chi connectivity index (χ0) is 13.7. The van der Waals surface area contributed by atoms with Crippen LogP contribution in [0.4, 0.5) is 0 Å². The molecule has 0 saturated carbocycles. The van der Waals surface area contributed by atoms with E-state index < -0.39 is 0 Å². The molecule has 1 fully saturated rings. The Labute approximate surface area is 122 Å². The fraction of sp³-hybridized carbons (Fsp3) is 0.625. The second kappa shape index (κ2) is 6.74. The van der Waals surface area contributed by atoms with Crippen LogP contribution in [0.2, 0.25) is 5.02 Å². The van der Waals surface area contributed by atoms with Gasteiger partial charge in [-0.05, 0) is 57.0 Å². The molecular weight excluding hydrogens is 256 g/mol. The topological polar surface area (TPSA) is 15.3 Å². The molecule has 3 heteroatoms. The fourth-order valence-corrected chi connectivity index (χ4v) is 2.81. The lowest BCUT2D eigenvalue weighted by atomic mass is 9.98. The molecule has 1 aliphatic rings. The van der Waals surface area contributed by atoms with E-state index in [0.29, 0.717) is 0 Å². The van der Waals surface area contributed by atoms with Crippen molar-refractivity contribution < 1.29 is 0 Å². The van der Waals surface area contributed by atoms with Gasteiger partial charge in [-0.1, -0.05) is 30.7 Å². The third-order valence-electron chi connectivity index (χ3n) is 4.19. The minimum Gasteiger partial charge on any atom is -0.310 e. The molecule has 1 saturated heterocycles. The van der Waals surface area contributed by atoms with Crippen LogP contribution in [0.3, 0.4) is 0 Å². The summed E-state index contributed by atoms with van der Waals surface area (Å²) in [4.78, 5) is 2.60. The van der Waals surface area contributed by atoms with E-state index in [1.165, 1.54) is 24.9 Å². The largest absolute Gasteiger partial charge is 0.310 e. The molecule has 1 unspecified atom stereocenters. The minimum atomic E-state index is 0.274. The Bertz CT molecular complexity index is 390. The third kappa shape index (κ3) is 4.48. The van der Waals surface area contributed by atoms with Gasteiger partial charge in [-0.2, -0.15) is 0 Å². The monoisotopic (exact) mass is 280 g/mol. The van der Waals surface area contributed by atoms with Crippen molar-refractivity contribution in [3.63, 3.8) is 0 Å². The van der Waals surface area contributed by atoms with Crippen LogP contribution in [-0.2, 0) is 6.42 Å². The molecule has 1 aromatic rings. The number of nitrogens with zero attached hydrogens (tertiary/aromatic N) is 1. The van der Waals surface area contributed by atoms with E-state index in [1.54, 1.807) is 0 Å². The van der Waals surface area contributed by atoms with E-state index in [2.05, 4.69) is 36.2 Å². The predicted molar refractivity (Wildman–Crippen MR) is 82.9 cm³/mol. The smallest absolute Gasteiger partial charge is 0.0406 e. The fourth-order valence-electron chi connectivity index (χ4n) is 2.69. The van der Waals surface area contributed by atoms with Crippen molar-refractivity contribution in [3.05, 3.63) is 34.9 Å². The SMILES string of the molecule is CCC1(C)CN(CCc2ccc(Cl)cc2)CCCN1. The highest BCUT2D eigenvalue weighted by Gasteiger charge is 2.26. The summed E-state index contributed by atoms with van der Waals surface area (Å²) in [5, 5.41) is 4.50. The van der Waals surface area contributed by atoms with Gasteiger partial charge < -0.3 is 10.2 Å². The van der Waals surface area contributed by atoms with Crippen LogP contribution in [-0.4, -0.2) is 36.6 Å². The molecule has 2 rings (SSSR count). The van der Waals surface area contributed by atoms with Gasteiger partial charge in [-0.25, -0.2) is 0 Å². The summed E-state index contributed by atoms with van der Waals surface area (Å²) in [6.45, 7) is 9.25. The van der Waals surface area contributed by atoms with Crippen LogP contribution in [0.25, 0.3) is 0 Å². The van der Waals surface area contributed by atoms with Crippen LogP contribution in [0.5, 0.6) is 0 Å². The van der Waals surface area contributed by atoms with E-state index >= 15 is 0 Å². The molecule has 0 spiro atoms. The van der Waals surface area contributed by atoms with Gasteiger partial charge in [0.2, 0.25) is 0 Å². The summed E-state index contributed by atoms with van der Waals surface area (Å²) in [5.41, 5.74) is 1.65. The van der Waals surface area contributed by atoms with Gasteiger partial charge in [0.05, 0.1) is 0 Å². The molecule has 0 radical (unpaired) electrons. The first-order valence-corrected chi connectivity index (χ1v) is 7.71. The second-order valence-electron chi connectivity index (χ2n) is 5.85. The summed E-state index contributed by atoms with van der Waals surface area (Å²) >= 11 is 5.92. The summed E-state index contributed by atoms with van der Waals surface area (Å²) in [7, 11) is 0. The number of halogens is 1. The van der Waals surface area contributed by atoms with Crippen molar-refractivity contribution >= 4 is 11.6 Å². The number of hydrogen-bond donors (Lipinski definition) is 1. The van der Waals surface area contributed by atoms with Crippen molar-refractivity contribution in [2.75, 3.05) is 26.2 Å².